The van der Waals surface area contributed by atoms with Crippen LogP contribution in [-0.2, 0) is 12.8 Å². The van der Waals surface area contributed by atoms with Crippen LogP contribution < -0.4 is 20.3 Å². The van der Waals surface area contributed by atoms with Crippen molar-refractivity contribution >= 4 is 54.8 Å². The zero-order chi connectivity index (χ0) is 31.3. The topological polar surface area (TPSA) is 91.3 Å². The fourth-order valence-corrected chi connectivity index (χ4v) is 7.54. The lowest BCUT2D eigenvalue weighted by Gasteiger charge is -2.28. The molecule has 236 valence electrons. The van der Waals surface area contributed by atoms with Crippen molar-refractivity contribution in [2.75, 3.05) is 56.1 Å². The first-order valence-corrected chi connectivity index (χ1v) is 17.3. The number of anilines is 4. The van der Waals surface area contributed by atoms with Crippen molar-refractivity contribution in [1.82, 2.24) is 30.4 Å². The summed E-state index contributed by atoms with van der Waals surface area (Å²) in [5.41, 5.74) is 3.91. The molecule has 2 aromatic carbocycles. The molecule has 5 heterocycles. The first-order chi connectivity index (χ1) is 22.6. The number of nitrogens with one attached hydrogen (secondary N) is 2. The van der Waals surface area contributed by atoms with Crippen molar-refractivity contribution in [3.05, 3.63) is 76.0 Å². The molecule has 3 aromatic heterocycles. The predicted molar refractivity (Wildman–Crippen MR) is 184 cm³/mol. The Bertz CT molecular complexity index is 1860. The first kappa shape index (κ1) is 30.5. The Balaban J connectivity index is 0.930. The van der Waals surface area contributed by atoms with Crippen LogP contribution in [0.3, 0.4) is 0 Å². The smallest absolute Gasteiger partial charge is 0.191 e. The van der Waals surface area contributed by atoms with Crippen molar-refractivity contribution in [3.8, 4) is 17.6 Å². The highest BCUT2D eigenvalue weighted by atomic mass is 32.1. The molecule has 9 nitrogen and oxygen atoms in total. The minimum Gasteiger partial charge on any atom is -0.491 e. The standard InChI is InChI=1S/C34H35FN8OS2/c1-23-26-9-5-17-43(32(26)41-40-31(23)39-33-38-28-10-2-3-11-30(28)46-33)34-37-22-25(45-34)8-6-20-44-29-13-12-24(21-27(29)35)7-4-16-42-18-14-36-15-19-42/h2-3,10-13,21-22,36H,5-6,8-9,14-20H2,1H3,(H,38,39,40). The van der Waals surface area contributed by atoms with Crippen LogP contribution in [0.1, 0.15) is 34.4 Å². The zero-order valence-corrected chi connectivity index (χ0v) is 27.3. The molecule has 0 atom stereocenters. The highest BCUT2D eigenvalue weighted by Gasteiger charge is 2.26. The van der Waals surface area contributed by atoms with Gasteiger partial charge in [-0.15, -0.1) is 21.5 Å². The highest BCUT2D eigenvalue weighted by molar-refractivity contribution is 7.22. The van der Waals surface area contributed by atoms with Gasteiger partial charge in [-0.3, -0.25) is 4.90 Å². The van der Waals surface area contributed by atoms with E-state index in [0.717, 1.165) is 101 Å². The molecule has 1 fully saturated rings. The van der Waals surface area contributed by atoms with Gasteiger partial charge in [0.15, 0.2) is 33.5 Å². The SMILES string of the molecule is Cc1c(Nc2nc3ccccc3s2)nnc2c1CCCN2c1ncc(CCCOc2ccc(C#CCN3CCNCC3)cc2F)s1. The maximum absolute atomic E-state index is 14.7. The lowest BCUT2D eigenvalue weighted by atomic mass is 10.0. The van der Waals surface area contributed by atoms with Crippen molar-refractivity contribution in [2.45, 2.75) is 32.6 Å². The van der Waals surface area contributed by atoms with Gasteiger partial charge in [0.05, 0.1) is 23.4 Å². The number of hydrogen-bond donors (Lipinski definition) is 2. The van der Waals surface area contributed by atoms with Crippen molar-refractivity contribution in [3.63, 3.8) is 0 Å². The lowest BCUT2D eigenvalue weighted by molar-refractivity contribution is 0.268. The second kappa shape index (κ2) is 14.1. The Morgan fingerprint density at radius 3 is 2.85 bits per heavy atom. The Morgan fingerprint density at radius 2 is 1.98 bits per heavy atom. The molecule has 46 heavy (non-hydrogen) atoms. The van der Waals surface area contributed by atoms with Crippen LogP contribution in [0.5, 0.6) is 5.75 Å². The van der Waals surface area contributed by atoms with Gasteiger partial charge in [-0.1, -0.05) is 35.3 Å². The van der Waals surface area contributed by atoms with Crippen LogP contribution in [0.25, 0.3) is 10.2 Å². The van der Waals surface area contributed by atoms with Crippen LogP contribution in [0.15, 0.2) is 48.7 Å². The van der Waals surface area contributed by atoms with Gasteiger partial charge in [0.1, 0.15) is 0 Å². The van der Waals surface area contributed by atoms with E-state index in [1.54, 1.807) is 28.7 Å². The second-order valence-electron chi connectivity index (χ2n) is 11.4. The Morgan fingerprint density at radius 1 is 1.09 bits per heavy atom. The third kappa shape index (κ3) is 6.98. The van der Waals surface area contributed by atoms with Crippen molar-refractivity contribution in [2.24, 2.45) is 0 Å². The van der Waals surface area contributed by atoms with Crippen LogP contribution in [0.2, 0.25) is 0 Å². The third-order valence-corrected chi connectivity index (χ3v) is 10.2. The van der Waals surface area contributed by atoms with Gasteiger partial charge in [0, 0.05) is 60.5 Å². The monoisotopic (exact) mass is 654 g/mol. The largest absolute Gasteiger partial charge is 0.491 e. The average Bonchev–Trinajstić information content (AvgIpc) is 3.72. The molecule has 0 spiro atoms. The van der Waals surface area contributed by atoms with E-state index in [1.807, 2.05) is 30.5 Å². The van der Waals surface area contributed by atoms with Gasteiger partial charge in [-0.25, -0.2) is 14.4 Å². The maximum atomic E-state index is 14.7. The molecule has 2 aliphatic heterocycles. The maximum Gasteiger partial charge on any atom is 0.191 e. The van der Waals surface area contributed by atoms with E-state index >= 15 is 0 Å². The summed E-state index contributed by atoms with van der Waals surface area (Å²) in [5, 5.41) is 17.7. The van der Waals surface area contributed by atoms with Gasteiger partial charge in [-0.2, -0.15) is 0 Å². The van der Waals surface area contributed by atoms with E-state index in [1.165, 1.54) is 11.6 Å². The van der Waals surface area contributed by atoms with Gasteiger partial charge < -0.3 is 20.3 Å². The molecule has 2 aliphatic rings. The van der Waals surface area contributed by atoms with E-state index in [4.69, 9.17) is 14.7 Å². The number of thiazole rings is 2. The molecule has 0 saturated carbocycles. The number of benzene rings is 2. The predicted octanol–water partition coefficient (Wildman–Crippen LogP) is 6.09. The Kier molecular flexibility index (Phi) is 9.34. The number of fused-ring (bicyclic) bond motifs is 2. The molecule has 7 rings (SSSR count). The van der Waals surface area contributed by atoms with E-state index in [-0.39, 0.29) is 11.6 Å². The molecule has 0 radical (unpaired) electrons. The number of para-hydroxylation sites is 1. The minimum atomic E-state index is -0.382. The number of aryl methyl sites for hydroxylation is 1. The quantitative estimate of drug-likeness (QED) is 0.145. The Labute approximate surface area is 275 Å². The summed E-state index contributed by atoms with van der Waals surface area (Å²) < 4.78 is 21.6. The summed E-state index contributed by atoms with van der Waals surface area (Å²) in [7, 11) is 0. The molecule has 1 saturated heterocycles. The van der Waals surface area contributed by atoms with Crippen LogP contribution in [0.4, 0.5) is 26.3 Å². The summed E-state index contributed by atoms with van der Waals surface area (Å²) in [6, 6.07) is 13.0. The van der Waals surface area contributed by atoms with E-state index < -0.39 is 0 Å². The molecule has 0 bridgehead atoms. The molecule has 2 N–H and O–H groups in total. The zero-order valence-electron chi connectivity index (χ0n) is 25.7. The van der Waals surface area contributed by atoms with Gasteiger partial charge >= 0.3 is 0 Å². The second-order valence-corrected chi connectivity index (χ2v) is 13.5. The minimum absolute atomic E-state index is 0.258. The number of ether oxygens (including phenoxy) is 1. The van der Waals surface area contributed by atoms with Crippen LogP contribution >= 0.6 is 22.7 Å². The molecule has 0 unspecified atom stereocenters. The van der Waals surface area contributed by atoms with Gasteiger partial charge in [0.2, 0.25) is 0 Å². The van der Waals surface area contributed by atoms with Crippen LogP contribution in [-0.4, -0.2) is 70.9 Å². The molecule has 0 amide bonds. The number of aromatic nitrogens is 4. The number of hydrogen-bond acceptors (Lipinski definition) is 11. The summed E-state index contributed by atoms with van der Waals surface area (Å²) in [5.74, 6) is 7.72. The molecule has 12 heteroatoms. The summed E-state index contributed by atoms with van der Waals surface area (Å²) in [6.07, 6.45) is 5.42. The molecule has 5 aromatic rings. The number of piperazine rings is 1. The molecular formula is C34H35FN8OS2. The highest BCUT2D eigenvalue weighted by Crippen LogP contribution is 2.38. The molecule has 0 aliphatic carbocycles. The van der Waals surface area contributed by atoms with E-state index in [0.29, 0.717) is 18.7 Å². The summed E-state index contributed by atoms with van der Waals surface area (Å²) >= 11 is 3.27. The van der Waals surface area contributed by atoms with E-state index in [9.17, 15) is 4.39 Å². The fourth-order valence-electron chi connectivity index (χ4n) is 5.70. The van der Waals surface area contributed by atoms with Crippen molar-refractivity contribution < 1.29 is 9.13 Å². The fraction of sp³-hybridized carbons (Fsp3) is 0.353. The number of rotatable bonds is 9. The summed E-state index contributed by atoms with van der Waals surface area (Å²) in [6.45, 7) is 8.01. The normalized spacial score (nSPS) is 15.0. The number of halogens is 1. The van der Waals surface area contributed by atoms with Gasteiger partial charge in [0.25, 0.3) is 0 Å². The van der Waals surface area contributed by atoms with E-state index in [2.05, 4.69) is 55.5 Å². The molecular weight excluding hydrogens is 620 g/mol. The number of nitrogens with zero attached hydrogens (tertiary/aromatic N) is 6. The van der Waals surface area contributed by atoms with Gasteiger partial charge in [-0.05, 0) is 62.9 Å². The summed E-state index contributed by atoms with van der Waals surface area (Å²) in [4.78, 5) is 15.0. The first-order valence-electron chi connectivity index (χ1n) is 15.7. The average molecular weight is 655 g/mol. The Hall–Kier alpha value is -4.15. The lowest BCUT2D eigenvalue weighted by Crippen LogP contribution is -2.43. The van der Waals surface area contributed by atoms with Crippen LogP contribution in [0, 0.1) is 24.6 Å². The third-order valence-electron chi connectivity index (χ3n) is 8.18. The van der Waals surface area contributed by atoms with Crippen molar-refractivity contribution in [1.29, 1.82) is 0 Å².